The molecule has 0 aliphatic heterocycles. The smallest absolute Gasteiger partial charge is 0.303 e. The molecule has 0 unspecified atom stereocenters. The van der Waals surface area contributed by atoms with Crippen molar-refractivity contribution in [3.05, 3.63) is 33.5 Å². The fourth-order valence-corrected chi connectivity index (χ4v) is 2.32. The van der Waals surface area contributed by atoms with Gasteiger partial charge in [0.05, 0.1) is 6.42 Å². The number of rotatable bonds is 5. The van der Waals surface area contributed by atoms with E-state index in [-0.39, 0.29) is 40.3 Å². The van der Waals surface area contributed by atoms with Gasteiger partial charge in [0.1, 0.15) is 17.3 Å². The Kier molecular flexibility index (Phi) is 4.68. The average Bonchev–Trinajstić information content (AvgIpc) is 2.90. The normalized spacial score (nSPS) is 13.3. The molecule has 0 aromatic carbocycles. The van der Waals surface area contributed by atoms with Crippen molar-refractivity contribution in [2.45, 2.75) is 46.5 Å². The maximum absolute atomic E-state index is 12.4. The Morgan fingerprint density at radius 3 is 2.57 bits per heavy atom. The molecule has 124 valence electrons. The van der Waals surface area contributed by atoms with Crippen LogP contribution < -0.4 is 10.6 Å². The van der Waals surface area contributed by atoms with Crippen LogP contribution >= 0.6 is 0 Å². The first kappa shape index (κ1) is 16.9. The molecule has 23 heavy (non-hydrogen) atoms. The third kappa shape index (κ3) is 4.06. The molecule has 0 aliphatic rings. The van der Waals surface area contributed by atoms with E-state index in [9.17, 15) is 14.7 Å². The second-order valence-electron chi connectivity index (χ2n) is 6.77. The summed E-state index contributed by atoms with van der Waals surface area (Å²) in [5.74, 6) is -1.30. The van der Waals surface area contributed by atoms with Crippen LogP contribution in [0.5, 0.6) is 0 Å². The number of hydrogen-bond donors (Lipinski definition) is 2. The molecule has 0 spiro atoms. The molecule has 0 aliphatic carbocycles. The molecule has 0 amide bonds. The van der Waals surface area contributed by atoms with Crippen LogP contribution in [0.3, 0.4) is 0 Å². The van der Waals surface area contributed by atoms with Crippen molar-refractivity contribution in [1.29, 1.82) is 0 Å². The fourth-order valence-electron chi connectivity index (χ4n) is 2.32. The quantitative estimate of drug-likeness (QED) is 0.861. The highest BCUT2D eigenvalue weighted by molar-refractivity contribution is 5.68. The predicted octanol–water partition coefficient (Wildman–Crippen LogP) is 1.32. The molecule has 0 fully saturated rings. The molecule has 0 saturated carbocycles. The molecule has 0 bridgehead atoms. The summed E-state index contributed by atoms with van der Waals surface area (Å²) < 4.78 is 1.54. The standard InChI is InChI=1S/C16H21N3O4/c1-16(2,3)7-6-10-8-12(21)14(11(20)4-5-13(22)23)15-17-9-18-19(10)15/h8-9,20H,4-7H2,1-3H3,(H,22,23). The van der Waals surface area contributed by atoms with Crippen molar-refractivity contribution in [2.75, 3.05) is 0 Å². The first-order chi connectivity index (χ1) is 10.7. The van der Waals surface area contributed by atoms with E-state index in [0.29, 0.717) is 6.42 Å². The van der Waals surface area contributed by atoms with Crippen molar-refractivity contribution in [3.63, 3.8) is 0 Å². The molecule has 2 N–H and O–H groups in total. The SMILES string of the molecule is CC(C)(C)CCc1cc(=O)c(=C(O)CCC(=O)O)c2ncnn12. The first-order valence-corrected chi connectivity index (χ1v) is 7.48. The molecular weight excluding hydrogens is 298 g/mol. The summed E-state index contributed by atoms with van der Waals surface area (Å²) in [4.78, 5) is 27.0. The van der Waals surface area contributed by atoms with Crippen LogP contribution in [0.15, 0.2) is 17.2 Å². The number of aryl methyl sites for hydroxylation is 1. The molecule has 0 atom stereocenters. The Balaban J connectivity index is 2.52. The summed E-state index contributed by atoms with van der Waals surface area (Å²) in [7, 11) is 0. The summed E-state index contributed by atoms with van der Waals surface area (Å²) in [6.07, 6.45) is 2.49. The van der Waals surface area contributed by atoms with Crippen LogP contribution in [-0.4, -0.2) is 30.8 Å². The number of carboxylic acid groups (broad SMARTS) is 1. The van der Waals surface area contributed by atoms with E-state index in [1.54, 1.807) is 4.52 Å². The lowest BCUT2D eigenvalue weighted by atomic mass is 9.90. The summed E-state index contributed by atoms with van der Waals surface area (Å²) in [6.45, 7) is 6.34. The lowest BCUT2D eigenvalue weighted by Gasteiger charge is -2.17. The topological polar surface area (TPSA) is 105 Å². The van der Waals surface area contributed by atoms with E-state index < -0.39 is 5.97 Å². The number of carbonyl (C=O) groups is 1. The third-order valence-electron chi connectivity index (χ3n) is 3.58. The van der Waals surface area contributed by atoms with Crippen LogP contribution in [0.4, 0.5) is 0 Å². The minimum atomic E-state index is -1.04. The van der Waals surface area contributed by atoms with Crippen LogP contribution in [0.1, 0.15) is 45.7 Å². The van der Waals surface area contributed by atoms with E-state index >= 15 is 0 Å². The van der Waals surface area contributed by atoms with Crippen molar-refractivity contribution < 1.29 is 15.0 Å². The first-order valence-electron chi connectivity index (χ1n) is 7.48. The van der Waals surface area contributed by atoms with Gasteiger partial charge < -0.3 is 10.2 Å². The number of carboxylic acids is 1. The number of aromatic nitrogens is 3. The maximum Gasteiger partial charge on any atom is 0.303 e. The number of pyridine rings is 1. The Bertz CT molecular complexity index is 833. The highest BCUT2D eigenvalue weighted by Gasteiger charge is 2.15. The van der Waals surface area contributed by atoms with Gasteiger partial charge in [0, 0.05) is 18.2 Å². The summed E-state index contributed by atoms with van der Waals surface area (Å²) in [6, 6.07) is 1.44. The van der Waals surface area contributed by atoms with Gasteiger partial charge in [0.25, 0.3) is 0 Å². The Morgan fingerprint density at radius 2 is 1.96 bits per heavy atom. The van der Waals surface area contributed by atoms with Crippen LogP contribution in [-0.2, 0) is 11.2 Å². The molecule has 2 aromatic rings. The highest BCUT2D eigenvalue weighted by atomic mass is 16.4. The summed E-state index contributed by atoms with van der Waals surface area (Å²) in [5.41, 5.74) is 0.749. The van der Waals surface area contributed by atoms with Gasteiger partial charge in [0.15, 0.2) is 11.1 Å². The number of hydrogen-bond acceptors (Lipinski definition) is 5. The number of aliphatic hydroxyl groups is 1. The fraction of sp³-hybridized carbons (Fsp3) is 0.500. The van der Waals surface area contributed by atoms with E-state index in [0.717, 1.165) is 12.1 Å². The van der Waals surface area contributed by atoms with Crippen molar-refractivity contribution in [1.82, 2.24) is 14.6 Å². The second-order valence-corrected chi connectivity index (χ2v) is 6.77. The van der Waals surface area contributed by atoms with Gasteiger partial charge in [-0.1, -0.05) is 20.8 Å². The number of aliphatic carboxylic acids is 1. The minimum absolute atomic E-state index is 0.0308. The van der Waals surface area contributed by atoms with E-state index in [4.69, 9.17) is 5.11 Å². The van der Waals surface area contributed by atoms with Gasteiger partial charge in [-0.05, 0) is 18.3 Å². The number of fused-ring (bicyclic) bond motifs is 1. The monoisotopic (exact) mass is 319 g/mol. The van der Waals surface area contributed by atoms with Crippen molar-refractivity contribution in [3.8, 4) is 0 Å². The minimum Gasteiger partial charge on any atom is -0.511 e. The van der Waals surface area contributed by atoms with Crippen molar-refractivity contribution >= 4 is 17.4 Å². The van der Waals surface area contributed by atoms with Gasteiger partial charge in [-0.15, -0.1) is 0 Å². The van der Waals surface area contributed by atoms with Crippen LogP contribution in [0.25, 0.3) is 11.4 Å². The predicted molar refractivity (Wildman–Crippen MR) is 85.2 cm³/mol. The summed E-state index contributed by atoms with van der Waals surface area (Å²) in [5, 5.41) is 23.0. The van der Waals surface area contributed by atoms with E-state index in [1.165, 1.54) is 12.4 Å². The Labute approximate surface area is 133 Å². The Morgan fingerprint density at radius 1 is 1.26 bits per heavy atom. The van der Waals surface area contributed by atoms with Gasteiger partial charge in [-0.3, -0.25) is 9.59 Å². The van der Waals surface area contributed by atoms with Crippen LogP contribution in [0, 0.1) is 5.41 Å². The molecule has 7 nitrogen and oxygen atoms in total. The second kappa shape index (κ2) is 6.36. The zero-order valence-electron chi connectivity index (χ0n) is 13.5. The lowest BCUT2D eigenvalue weighted by molar-refractivity contribution is -0.136. The highest BCUT2D eigenvalue weighted by Crippen LogP contribution is 2.20. The summed E-state index contributed by atoms with van der Waals surface area (Å²) >= 11 is 0. The third-order valence-corrected chi connectivity index (χ3v) is 3.58. The zero-order chi connectivity index (χ0) is 17.2. The van der Waals surface area contributed by atoms with Gasteiger partial charge in [0.2, 0.25) is 0 Å². The molecule has 7 heteroatoms. The Hall–Kier alpha value is -2.44. The number of nitrogens with zero attached hydrogens (tertiary/aromatic N) is 3. The van der Waals surface area contributed by atoms with Gasteiger partial charge in [-0.25, -0.2) is 9.50 Å². The van der Waals surface area contributed by atoms with Crippen LogP contribution in [0.2, 0.25) is 0 Å². The zero-order valence-corrected chi connectivity index (χ0v) is 13.5. The molecule has 0 saturated heterocycles. The van der Waals surface area contributed by atoms with Gasteiger partial charge >= 0.3 is 5.97 Å². The molecular formula is C16H21N3O4. The van der Waals surface area contributed by atoms with Gasteiger partial charge in [-0.2, -0.15) is 5.10 Å². The van der Waals surface area contributed by atoms with Crippen molar-refractivity contribution in [2.24, 2.45) is 5.41 Å². The number of aliphatic hydroxyl groups excluding tert-OH is 1. The lowest BCUT2D eigenvalue weighted by Crippen LogP contribution is -2.31. The molecule has 2 aromatic heterocycles. The maximum atomic E-state index is 12.4. The van der Waals surface area contributed by atoms with E-state index in [2.05, 4.69) is 30.9 Å². The molecule has 0 radical (unpaired) electrons. The molecule has 2 heterocycles. The molecule has 2 rings (SSSR count). The largest absolute Gasteiger partial charge is 0.511 e. The average molecular weight is 319 g/mol. The van der Waals surface area contributed by atoms with E-state index in [1.807, 2.05) is 0 Å².